The Kier molecular flexibility index (Phi) is 8.38. The van der Waals surface area contributed by atoms with Crippen LogP contribution in [0.5, 0.6) is 11.5 Å². The molecule has 7 nitrogen and oxygen atoms in total. The second kappa shape index (κ2) is 10.5. The van der Waals surface area contributed by atoms with Crippen molar-refractivity contribution < 1.29 is 14.2 Å². The van der Waals surface area contributed by atoms with Crippen LogP contribution in [-0.2, 0) is 4.74 Å². The number of hydrogen-bond donors (Lipinski definition) is 2. The van der Waals surface area contributed by atoms with E-state index >= 15 is 0 Å². The molecule has 2 atom stereocenters. The fourth-order valence-electron chi connectivity index (χ4n) is 3.40. The Labute approximate surface area is 169 Å². The molecule has 1 saturated heterocycles. The van der Waals surface area contributed by atoms with Gasteiger partial charge in [0.15, 0.2) is 17.5 Å². The van der Waals surface area contributed by atoms with Crippen molar-refractivity contribution in [1.29, 1.82) is 0 Å². The van der Waals surface area contributed by atoms with E-state index < -0.39 is 0 Å². The highest BCUT2D eigenvalue weighted by atomic mass is 16.5. The molecule has 2 unspecified atom stereocenters. The molecule has 0 aliphatic carbocycles. The van der Waals surface area contributed by atoms with Gasteiger partial charge in [-0.05, 0) is 58.5 Å². The van der Waals surface area contributed by atoms with Crippen molar-refractivity contribution in [1.82, 2.24) is 15.5 Å². The summed E-state index contributed by atoms with van der Waals surface area (Å²) >= 11 is 0. The fourth-order valence-corrected chi connectivity index (χ4v) is 3.40. The quantitative estimate of drug-likeness (QED) is 0.497. The number of nitrogens with one attached hydrogen (secondary N) is 2. The molecule has 0 spiro atoms. The maximum Gasteiger partial charge on any atom is 0.191 e. The molecule has 7 heteroatoms. The van der Waals surface area contributed by atoms with Crippen LogP contribution < -0.4 is 20.1 Å². The van der Waals surface area contributed by atoms with Crippen molar-refractivity contribution >= 4 is 5.96 Å². The number of hydrogen-bond acceptors (Lipinski definition) is 5. The monoisotopic (exact) mass is 392 g/mol. The lowest BCUT2D eigenvalue weighted by molar-refractivity contribution is 0.0283. The first-order valence-corrected chi connectivity index (χ1v) is 9.97. The molecule has 1 aliphatic heterocycles. The van der Waals surface area contributed by atoms with E-state index in [1.807, 2.05) is 12.1 Å². The van der Waals surface area contributed by atoms with Gasteiger partial charge >= 0.3 is 0 Å². The Balaban J connectivity index is 2.09. The summed E-state index contributed by atoms with van der Waals surface area (Å²) in [6.07, 6.45) is 2.17. The Bertz CT molecular complexity index is 643. The number of ether oxygens (including phenoxy) is 3. The Morgan fingerprint density at radius 2 is 2.00 bits per heavy atom. The van der Waals surface area contributed by atoms with Gasteiger partial charge in [0.2, 0.25) is 0 Å². The predicted octanol–water partition coefficient (Wildman–Crippen LogP) is 2.43. The normalized spacial score (nSPS) is 20.9. The van der Waals surface area contributed by atoms with Gasteiger partial charge in [0.25, 0.3) is 0 Å². The molecule has 0 aromatic heterocycles. The van der Waals surface area contributed by atoms with E-state index in [0.717, 1.165) is 49.0 Å². The molecule has 1 heterocycles. The number of rotatable bonds is 9. The highest BCUT2D eigenvalue weighted by Gasteiger charge is 2.29. The van der Waals surface area contributed by atoms with Gasteiger partial charge in [-0.15, -0.1) is 0 Å². The molecular weight excluding hydrogens is 356 g/mol. The summed E-state index contributed by atoms with van der Waals surface area (Å²) < 4.78 is 16.7. The first kappa shape index (κ1) is 22.3. The largest absolute Gasteiger partial charge is 0.493 e. The summed E-state index contributed by atoms with van der Waals surface area (Å²) in [6.45, 7) is 7.23. The number of guanidine groups is 1. The van der Waals surface area contributed by atoms with E-state index in [1.54, 1.807) is 14.2 Å². The van der Waals surface area contributed by atoms with Crippen LogP contribution in [0.15, 0.2) is 23.2 Å². The zero-order valence-corrected chi connectivity index (χ0v) is 18.2. The third-order valence-electron chi connectivity index (χ3n) is 5.09. The number of nitrogens with zero attached hydrogens (tertiary/aromatic N) is 2. The van der Waals surface area contributed by atoms with Gasteiger partial charge in [-0.25, -0.2) is 0 Å². The van der Waals surface area contributed by atoms with Crippen molar-refractivity contribution in [2.45, 2.75) is 38.3 Å². The van der Waals surface area contributed by atoms with Gasteiger partial charge in [0.05, 0.1) is 32.4 Å². The molecule has 0 saturated carbocycles. The first-order chi connectivity index (χ1) is 13.4. The van der Waals surface area contributed by atoms with Crippen LogP contribution in [0, 0.1) is 0 Å². The van der Waals surface area contributed by atoms with Crippen LogP contribution in [0.2, 0.25) is 0 Å². The molecule has 158 valence electrons. The molecule has 28 heavy (non-hydrogen) atoms. The number of benzene rings is 1. The third-order valence-corrected chi connectivity index (χ3v) is 5.09. The van der Waals surface area contributed by atoms with Gasteiger partial charge in [-0.3, -0.25) is 4.99 Å². The van der Waals surface area contributed by atoms with E-state index in [1.165, 1.54) is 0 Å². The summed E-state index contributed by atoms with van der Waals surface area (Å²) in [6, 6.07) is 6.21. The average Bonchev–Trinajstić information content (AvgIpc) is 3.12. The molecule has 0 bridgehead atoms. The molecular formula is C21H36N4O3. The molecule has 1 fully saturated rings. The summed E-state index contributed by atoms with van der Waals surface area (Å²) in [4.78, 5) is 6.94. The number of methoxy groups -OCH3 is 2. The molecule has 1 aromatic rings. The minimum atomic E-state index is -0.146. The van der Waals surface area contributed by atoms with Gasteiger partial charge in [0, 0.05) is 19.7 Å². The van der Waals surface area contributed by atoms with E-state index in [0.29, 0.717) is 13.1 Å². The maximum atomic E-state index is 5.85. The zero-order chi connectivity index (χ0) is 20.6. The molecule has 1 aliphatic rings. The van der Waals surface area contributed by atoms with Gasteiger partial charge in [-0.2, -0.15) is 0 Å². The van der Waals surface area contributed by atoms with Crippen LogP contribution in [0.25, 0.3) is 0 Å². The third kappa shape index (κ3) is 6.01. The Morgan fingerprint density at radius 3 is 2.57 bits per heavy atom. The van der Waals surface area contributed by atoms with Crippen molar-refractivity contribution in [3.8, 4) is 11.5 Å². The second-order valence-electron chi connectivity index (χ2n) is 7.57. The second-order valence-corrected chi connectivity index (χ2v) is 7.57. The van der Waals surface area contributed by atoms with Gasteiger partial charge < -0.3 is 29.7 Å². The number of likely N-dealkylation sites (N-methyl/N-ethyl adjacent to an activating group) is 1. The molecule has 0 amide bonds. The van der Waals surface area contributed by atoms with E-state index in [2.05, 4.69) is 49.5 Å². The zero-order valence-electron chi connectivity index (χ0n) is 18.2. The summed E-state index contributed by atoms with van der Waals surface area (Å²) in [5.41, 5.74) is 1.00. The van der Waals surface area contributed by atoms with Gasteiger partial charge in [-0.1, -0.05) is 6.07 Å². The predicted molar refractivity (Wildman–Crippen MR) is 114 cm³/mol. The van der Waals surface area contributed by atoms with Crippen molar-refractivity contribution in [2.75, 3.05) is 54.6 Å². The minimum Gasteiger partial charge on any atom is -0.493 e. The van der Waals surface area contributed by atoms with Gasteiger partial charge in [0.1, 0.15) is 0 Å². The first-order valence-electron chi connectivity index (χ1n) is 9.97. The van der Waals surface area contributed by atoms with Crippen LogP contribution in [-0.4, -0.2) is 71.0 Å². The van der Waals surface area contributed by atoms with E-state index in [9.17, 15) is 0 Å². The lowest BCUT2D eigenvalue weighted by atomic mass is 10.0. The van der Waals surface area contributed by atoms with Crippen LogP contribution in [0.1, 0.15) is 38.3 Å². The molecule has 0 radical (unpaired) electrons. The molecule has 2 rings (SSSR count). The van der Waals surface area contributed by atoms with Crippen molar-refractivity contribution in [2.24, 2.45) is 4.99 Å². The van der Waals surface area contributed by atoms with Crippen molar-refractivity contribution in [3.63, 3.8) is 0 Å². The highest BCUT2D eigenvalue weighted by Crippen LogP contribution is 2.31. The Morgan fingerprint density at radius 1 is 1.25 bits per heavy atom. The van der Waals surface area contributed by atoms with Crippen LogP contribution >= 0.6 is 0 Å². The lowest BCUT2D eigenvalue weighted by Crippen LogP contribution is -2.42. The van der Waals surface area contributed by atoms with Crippen LogP contribution in [0.4, 0.5) is 0 Å². The fraction of sp³-hybridized carbons (Fsp3) is 0.667. The number of aliphatic imine (C=N–C) groups is 1. The average molecular weight is 393 g/mol. The minimum absolute atomic E-state index is 0.146. The topological polar surface area (TPSA) is 67.4 Å². The SMILES string of the molecule is CCNC(=NCC1(C)CCCO1)NCC(c1ccc(OC)c(OC)c1)N(C)C. The van der Waals surface area contributed by atoms with Crippen molar-refractivity contribution in [3.05, 3.63) is 23.8 Å². The summed E-state index contributed by atoms with van der Waals surface area (Å²) in [5.74, 6) is 2.28. The maximum absolute atomic E-state index is 5.85. The summed E-state index contributed by atoms with van der Waals surface area (Å²) in [5, 5.41) is 6.81. The smallest absolute Gasteiger partial charge is 0.191 e. The molecule has 1 aromatic carbocycles. The summed E-state index contributed by atoms with van der Waals surface area (Å²) in [7, 11) is 7.45. The lowest BCUT2D eigenvalue weighted by Gasteiger charge is -2.27. The standard InChI is InChI=1S/C21H36N4O3/c1-7-22-20(24-15-21(2)11-8-12-28-21)23-14-17(25(3)4)16-9-10-18(26-5)19(13-16)27-6/h9-10,13,17H,7-8,11-12,14-15H2,1-6H3,(H2,22,23,24). The van der Waals surface area contributed by atoms with E-state index in [4.69, 9.17) is 19.2 Å². The highest BCUT2D eigenvalue weighted by molar-refractivity contribution is 5.79. The van der Waals surface area contributed by atoms with E-state index in [-0.39, 0.29) is 11.6 Å². The van der Waals surface area contributed by atoms with Crippen LogP contribution in [0.3, 0.4) is 0 Å². The Hall–Kier alpha value is -1.99. The molecule has 2 N–H and O–H groups in total.